The third-order valence-corrected chi connectivity index (χ3v) is 3.19. The van der Waals surface area contributed by atoms with Crippen molar-refractivity contribution in [2.24, 2.45) is 0 Å². The Morgan fingerprint density at radius 1 is 1.15 bits per heavy atom. The quantitative estimate of drug-likeness (QED) is 0.769. The second-order valence-corrected chi connectivity index (χ2v) is 4.32. The van der Waals surface area contributed by atoms with Crippen LogP contribution in [0.25, 0.3) is 0 Å². The molecule has 0 aliphatic carbocycles. The van der Waals surface area contributed by atoms with Crippen molar-refractivity contribution in [3.8, 4) is 0 Å². The number of benzene rings is 1. The summed E-state index contributed by atoms with van der Waals surface area (Å²) < 4.78 is 4.68. The Bertz CT molecular complexity index is 456. The number of amides is 1. The van der Waals surface area contributed by atoms with E-state index in [1.165, 1.54) is 7.11 Å². The zero-order valence-electron chi connectivity index (χ0n) is 12.3. The van der Waals surface area contributed by atoms with Crippen molar-refractivity contribution in [3.05, 3.63) is 35.4 Å². The first-order chi connectivity index (χ1) is 9.63. The highest BCUT2D eigenvalue weighted by Crippen LogP contribution is 2.09. The number of carbonyl (C=O) groups excluding carboxylic acids is 2. The molecule has 0 unspecified atom stereocenters. The van der Waals surface area contributed by atoms with Crippen LogP contribution in [0.4, 0.5) is 0 Å². The van der Waals surface area contributed by atoms with E-state index in [4.69, 9.17) is 0 Å². The topological polar surface area (TPSA) is 58.6 Å². The molecule has 0 bridgehead atoms. The van der Waals surface area contributed by atoms with Crippen LogP contribution in [-0.2, 0) is 4.74 Å². The molecular formula is C15H22N2O3. The summed E-state index contributed by atoms with van der Waals surface area (Å²) in [5.41, 5.74) is 0.634. The SMILES string of the molecule is CCN(CC)CCNC(=O)c1ccccc1C(=O)OC. The zero-order chi connectivity index (χ0) is 15.0. The fourth-order valence-corrected chi connectivity index (χ4v) is 1.93. The van der Waals surface area contributed by atoms with E-state index in [1.54, 1.807) is 24.3 Å². The number of hydrogen-bond acceptors (Lipinski definition) is 4. The molecule has 0 heterocycles. The van der Waals surface area contributed by atoms with Crippen molar-refractivity contribution in [2.45, 2.75) is 13.8 Å². The molecule has 1 aromatic rings. The molecule has 110 valence electrons. The van der Waals surface area contributed by atoms with Crippen LogP contribution in [0, 0.1) is 0 Å². The predicted octanol–water partition coefficient (Wildman–Crippen LogP) is 1.54. The number of hydrogen-bond donors (Lipinski definition) is 1. The molecule has 0 radical (unpaired) electrons. The van der Waals surface area contributed by atoms with Gasteiger partial charge in [-0.15, -0.1) is 0 Å². The lowest BCUT2D eigenvalue weighted by Crippen LogP contribution is -2.35. The minimum Gasteiger partial charge on any atom is -0.465 e. The van der Waals surface area contributed by atoms with Gasteiger partial charge in [-0.3, -0.25) is 4.79 Å². The summed E-state index contributed by atoms with van der Waals surface area (Å²) in [5, 5.41) is 2.83. The average Bonchev–Trinajstić information content (AvgIpc) is 2.50. The van der Waals surface area contributed by atoms with Crippen LogP contribution in [0.15, 0.2) is 24.3 Å². The molecular weight excluding hydrogens is 256 g/mol. The highest BCUT2D eigenvalue weighted by atomic mass is 16.5. The fourth-order valence-electron chi connectivity index (χ4n) is 1.93. The van der Waals surface area contributed by atoms with Crippen molar-refractivity contribution in [2.75, 3.05) is 33.3 Å². The summed E-state index contributed by atoms with van der Waals surface area (Å²) in [6, 6.07) is 6.65. The van der Waals surface area contributed by atoms with E-state index >= 15 is 0 Å². The van der Waals surface area contributed by atoms with Gasteiger partial charge in [0.25, 0.3) is 5.91 Å². The van der Waals surface area contributed by atoms with Gasteiger partial charge in [0.1, 0.15) is 0 Å². The van der Waals surface area contributed by atoms with Gasteiger partial charge in [-0.1, -0.05) is 26.0 Å². The predicted molar refractivity (Wildman–Crippen MR) is 77.9 cm³/mol. The van der Waals surface area contributed by atoms with Crippen molar-refractivity contribution in [3.63, 3.8) is 0 Å². The summed E-state index contributed by atoms with van der Waals surface area (Å²) in [5.74, 6) is -0.752. The van der Waals surface area contributed by atoms with E-state index in [-0.39, 0.29) is 11.5 Å². The van der Waals surface area contributed by atoms with Crippen LogP contribution in [0.5, 0.6) is 0 Å². The highest BCUT2D eigenvalue weighted by molar-refractivity contribution is 6.05. The second-order valence-electron chi connectivity index (χ2n) is 4.32. The van der Waals surface area contributed by atoms with Crippen LogP contribution >= 0.6 is 0 Å². The van der Waals surface area contributed by atoms with E-state index < -0.39 is 5.97 Å². The molecule has 20 heavy (non-hydrogen) atoms. The molecule has 0 fully saturated rings. The zero-order valence-corrected chi connectivity index (χ0v) is 12.3. The minimum absolute atomic E-state index is 0.252. The van der Waals surface area contributed by atoms with E-state index in [1.807, 2.05) is 0 Å². The highest BCUT2D eigenvalue weighted by Gasteiger charge is 2.16. The average molecular weight is 278 g/mol. The number of carbonyl (C=O) groups is 2. The van der Waals surface area contributed by atoms with Gasteiger partial charge in [0.15, 0.2) is 0 Å². The molecule has 0 aliphatic heterocycles. The van der Waals surface area contributed by atoms with Crippen molar-refractivity contribution in [1.29, 1.82) is 0 Å². The molecule has 0 atom stereocenters. The van der Waals surface area contributed by atoms with Gasteiger partial charge in [0.2, 0.25) is 0 Å². The number of ether oxygens (including phenoxy) is 1. The van der Waals surface area contributed by atoms with Crippen LogP contribution in [0.2, 0.25) is 0 Å². The number of esters is 1. The molecule has 5 heteroatoms. The molecule has 1 aromatic carbocycles. The largest absolute Gasteiger partial charge is 0.465 e. The maximum absolute atomic E-state index is 12.1. The molecule has 0 spiro atoms. The molecule has 0 saturated heterocycles. The maximum Gasteiger partial charge on any atom is 0.338 e. The third kappa shape index (κ3) is 4.35. The number of methoxy groups -OCH3 is 1. The Morgan fingerprint density at radius 2 is 1.75 bits per heavy atom. The van der Waals surface area contributed by atoms with E-state index in [2.05, 4.69) is 28.8 Å². The Balaban J connectivity index is 2.66. The molecule has 1 N–H and O–H groups in total. The van der Waals surface area contributed by atoms with Gasteiger partial charge in [-0.05, 0) is 25.2 Å². The van der Waals surface area contributed by atoms with Gasteiger partial charge in [0, 0.05) is 13.1 Å². The molecule has 5 nitrogen and oxygen atoms in total. The summed E-state index contributed by atoms with van der Waals surface area (Å²) in [7, 11) is 1.30. The number of nitrogens with zero attached hydrogens (tertiary/aromatic N) is 1. The van der Waals surface area contributed by atoms with Gasteiger partial charge in [-0.25, -0.2) is 4.79 Å². The van der Waals surface area contributed by atoms with Crippen LogP contribution in [0.3, 0.4) is 0 Å². The van der Waals surface area contributed by atoms with Gasteiger partial charge in [-0.2, -0.15) is 0 Å². The molecule has 0 aliphatic rings. The lowest BCUT2D eigenvalue weighted by atomic mass is 10.1. The van der Waals surface area contributed by atoms with Gasteiger partial charge < -0.3 is 15.0 Å². The number of rotatable bonds is 7. The van der Waals surface area contributed by atoms with Crippen LogP contribution in [0.1, 0.15) is 34.6 Å². The second kappa shape index (κ2) is 8.32. The van der Waals surface area contributed by atoms with Gasteiger partial charge >= 0.3 is 5.97 Å². The first-order valence-electron chi connectivity index (χ1n) is 6.81. The van der Waals surface area contributed by atoms with Crippen molar-refractivity contribution >= 4 is 11.9 Å². The normalized spacial score (nSPS) is 10.4. The Morgan fingerprint density at radius 3 is 2.30 bits per heavy atom. The smallest absolute Gasteiger partial charge is 0.338 e. The van der Waals surface area contributed by atoms with E-state index in [0.717, 1.165) is 19.6 Å². The standard InChI is InChI=1S/C15H22N2O3/c1-4-17(5-2)11-10-16-14(18)12-8-6-7-9-13(12)15(19)20-3/h6-9H,4-5,10-11H2,1-3H3,(H,16,18). The van der Waals surface area contributed by atoms with Crippen LogP contribution < -0.4 is 5.32 Å². The number of nitrogens with one attached hydrogen (secondary N) is 1. The van der Waals surface area contributed by atoms with E-state index in [0.29, 0.717) is 12.1 Å². The Hall–Kier alpha value is -1.88. The van der Waals surface area contributed by atoms with Crippen molar-refractivity contribution < 1.29 is 14.3 Å². The Kier molecular flexibility index (Phi) is 6.73. The van der Waals surface area contributed by atoms with E-state index in [9.17, 15) is 9.59 Å². The first kappa shape index (κ1) is 16.2. The summed E-state index contributed by atoms with van der Waals surface area (Å²) >= 11 is 0. The fraction of sp³-hybridized carbons (Fsp3) is 0.467. The first-order valence-corrected chi connectivity index (χ1v) is 6.81. The molecule has 1 amide bonds. The summed E-state index contributed by atoms with van der Waals surface area (Å²) in [6.07, 6.45) is 0. The Labute approximate surface area is 119 Å². The maximum atomic E-state index is 12.1. The molecule has 1 rings (SSSR count). The lowest BCUT2D eigenvalue weighted by Gasteiger charge is -2.18. The monoisotopic (exact) mass is 278 g/mol. The third-order valence-electron chi connectivity index (χ3n) is 3.19. The minimum atomic E-state index is -0.500. The van der Waals surface area contributed by atoms with Gasteiger partial charge in [0.05, 0.1) is 18.2 Å². The lowest BCUT2D eigenvalue weighted by molar-refractivity contribution is 0.0596. The molecule has 0 aromatic heterocycles. The van der Waals surface area contributed by atoms with Crippen LogP contribution in [-0.4, -0.2) is 50.1 Å². The van der Waals surface area contributed by atoms with Crippen molar-refractivity contribution in [1.82, 2.24) is 10.2 Å². The summed E-state index contributed by atoms with van der Waals surface area (Å²) in [4.78, 5) is 25.9. The molecule has 0 saturated carbocycles. The number of likely N-dealkylation sites (N-methyl/N-ethyl adjacent to an activating group) is 1. The summed E-state index contributed by atoms with van der Waals surface area (Å²) in [6.45, 7) is 7.40.